The summed E-state index contributed by atoms with van der Waals surface area (Å²) < 4.78 is 74.9. The van der Waals surface area contributed by atoms with Crippen molar-refractivity contribution in [3.05, 3.63) is 148 Å². The average Bonchev–Trinajstić information content (AvgIpc) is 3.76. The van der Waals surface area contributed by atoms with Gasteiger partial charge in [-0.15, -0.1) is 0 Å². The van der Waals surface area contributed by atoms with Crippen LogP contribution in [-0.2, 0) is 72.2 Å². The Morgan fingerprint density at radius 1 is 0.579 bits per heavy atom. The summed E-state index contributed by atoms with van der Waals surface area (Å²) >= 11 is 0. The van der Waals surface area contributed by atoms with Crippen molar-refractivity contribution in [2.75, 3.05) is 6.61 Å². The second-order valence-corrected chi connectivity index (χ2v) is 18.5. The molecular formula is C58H60O18. The van der Waals surface area contributed by atoms with Crippen molar-refractivity contribution in [2.45, 2.75) is 124 Å². The number of carbonyl (C=O) groups is 4. The highest BCUT2D eigenvalue weighted by atomic mass is 16.8. The zero-order valence-electron chi connectivity index (χ0n) is 43.1. The predicted molar refractivity (Wildman–Crippen MR) is 272 cm³/mol. The summed E-state index contributed by atoms with van der Waals surface area (Å²) in [6.07, 6.45) is -10.0. The molecule has 18 nitrogen and oxygen atoms in total. The molecule has 76 heavy (non-hydrogen) atoms. The van der Waals surface area contributed by atoms with Crippen LogP contribution in [0.1, 0.15) is 70.2 Å². The number of hydrogen-bond acceptors (Lipinski definition) is 18. The minimum absolute atomic E-state index is 0.0358. The summed E-state index contributed by atoms with van der Waals surface area (Å²) in [5.74, 6) is -4.17. The normalized spacial score (nSPS) is 22.0. The topological polar surface area (TPSA) is 220 Å². The standard InChI is InChI=1S/C58H60O18/c1-8-43-33(3)50(69-34(4)59)57(74-43)68-31-47-53(70-35(5)60)55(71-36(6)61)56(72-37(7)62)58(75-47)76-54-49(64)48-42(63)24-32(2)25-44(48)73-51(54)41-26-45(65-28-38-18-12-9-13-19-38)52(67-30-40-22-16-11-17-23-40)46(27-41)66-29-39-20-14-10-15-21-39/h9-27,33,43,47,50,53,55-58,63H,8,28-31H2,1-7H3/t33-,43-,47-,50-,53+,55+,56-,57-,58+/m1/s1. The van der Waals surface area contributed by atoms with E-state index in [9.17, 15) is 24.3 Å². The molecule has 0 bridgehead atoms. The van der Waals surface area contributed by atoms with E-state index in [1.165, 1.54) is 13.0 Å². The van der Waals surface area contributed by atoms with Crippen molar-refractivity contribution in [2.24, 2.45) is 5.92 Å². The van der Waals surface area contributed by atoms with Crippen LogP contribution in [-0.4, -0.2) is 84.8 Å². The maximum absolute atomic E-state index is 15.2. The van der Waals surface area contributed by atoms with Gasteiger partial charge in [0.2, 0.25) is 29.3 Å². The SMILES string of the molecule is CC[C@H]1O[C@@H](OC[C@H]2O[C@@H](Oc3c(-c4cc(OCc5ccccc5)c(OCc5ccccc5)c(OCc5ccccc5)c4)oc4cc(C)cc(O)c4c3=O)[C@H](OC(C)=O)[C@@H](OC(C)=O)[C@H]2OC(C)=O)[C@H](OC(C)=O)[C@@H]1C. The Morgan fingerprint density at radius 2 is 1.07 bits per heavy atom. The maximum atomic E-state index is 15.2. The van der Waals surface area contributed by atoms with E-state index in [-0.39, 0.29) is 71.4 Å². The number of hydrogen-bond donors (Lipinski definition) is 1. The molecule has 2 fully saturated rings. The van der Waals surface area contributed by atoms with Crippen LogP contribution in [0.4, 0.5) is 0 Å². The first-order valence-corrected chi connectivity index (χ1v) is 24.8. The van der Waals surface area contributed by atoms with E-state index in [2.05, 4.69) is 0 Å². The minimum Gasteiger partial charge on any atom is -0.507 e. The van der Waals surface area contributed by atoms with Crippen LogP contribution in [0.3, 0.4) is 0 Å². The first kappa shape index (κ1) is 54.3. The zero-order valence-corrected chi connectivity index (χ0v) is 43.1. The van der Waals surface area contributed by atoms with E-state index in [1.807, 2.05) is 105 Å². The van der Waals surface area contributed by atoms with E-state index < -0.39 is 90.5 Å². The molecule has 1 aromatic heterocycles. The van der Waals surface area contributed by atoms with Gasteiger partial charge in [0.05, 0.1) is 12.7 Å². The first-order chi connectivity index (χ1) is 36.6. The molecule has 6 aromatic rings. The third-order valence-electron chi connectivity index (χ3n) is 12.6. The highest BCUT2D eigenvalue weighted by Crippen LogP contribution is 2.46. The fourth-order valence-electron chi connectivity index (χ4n) is 9.16. The fourth-order valence-corrected chi connectivity index (χ4v) is 9.16. The quantitative estimate of drug-likeness (QED) is 0.0557. The van der Waals surface area contributed by atoms with Crippen LogP contribution in [0, 0.1) is 12.8 Å². The smallest absolute Gasteiger partial charge is 0.303 e. The van der Waals surface area contributed by atoms with Crippen LogP contribution < -0.4 is 24.4 Å². The second-order valence-electron chi connectivity index (χ2n) is 18.5. The minimum atomic E-state index is -1.88. The van der Waals surface area contributed by atoms with Gasteiger partial charge in [0.1, 0.15) is 42.6 Å². The molecule has 9 atom stereocenters. The van der Waals surface area contributed by atoms with Crippen LogP contribution in [0.15, 0.2) is 124 Å². The molecule has 2 aliphatic rings. The Bertz CT molecular complexity index is 2990. The third-order valence-corrected chi connectivity index (χ3v) is 12.6. The number of aryl methyl sites for hydroxylation is 1. The number of benzene rings is 5. The van der Waals surface area contributed by atoms with Gasteiger partial charge in [-0.3, -0.25) is 24.0 Å². The Morgan fingerprint density at radius 3 is 1.59 bits per heavy atom. The molecule has 3 heterocycles. The van der Waals surface area contributed by atoms with E-state index in [1.54, 1.807) is 25.1 Å². The van der Waals surface area contributed by atoms with Crippen molar-refractivity contribution >= 4 is 34.8 Å². The highest BCUT2D eigenvalue weighted by molar-refractivity contribution is 5.88. The van der Waals surface area contributed by atoms with Crippen LogP contribution in [0.5, 0.6) is 28.7 Å². The molecule has 2 saturated heterocycles. The first-order valence-electron chi connectivity index (χ1n) is 24.8. The van der Waals surface area contributed by atoms with Gasteiger partial charge < -0.3 is 61.6 Å². The number of fused-ring (bicyclic) bond motifs is 1. The summed E-state index contributed by atoms with van der Waals surface area (Å²) in [5.41, 5.74) is 2.25. The Hall–Kier alpha value is -7.93. The van der Waals surface area contributed by atoms with Gasteiger partial charge in [0.15, 0.2) is 41.9 Å². The molecule has 18 heteroatoms. The van der Waals surface area contributed by atoms with Crippen LogP contribution in [0.25, 0.3) is 22.3 Å². The largest absolute Gasteiger partial charge is 0.507 e. The molecule has 1 N–H and O–H groups in total. The lowest BCUT2D eigenvalue weighted by Gasteiger charge is -2.44. The third kappa shape index (κ3) is 13.1. The Kier molecular flexibility index (Phi) is 17.6. The van der Waals surface area contributed by atoms with Gasteiger partial charge in [-0.05, 0) is 59.9 Å². The molecule has 0 saturated carbocycles. The lowest BCUT2D eigenvalue weighted by atomic mass is 9.97. The number of phenolic OH excluding ortho intramolecular Hbond substituents is 1. The van der Waals surface area contributed by atoms with Crippen molar-refractivity contribution in [1.82, 2.24) is 0 Å². The summed E-state index contributed by atoms with van der Waals surface area (Å²) in [4.78, 5) is 66.3. The summed E-state index contributed by atoms with van der Waals surface area (Å²) in [7, 11) is 0. The Balaban J connectivity index is 1.29. The number of aromatic hydroxyl groups is 1. The molecule has 0 aliphatic carbocycles. The van der Waals surface area contributed by atoms with Crippen LogP contribution >= 0.6 is 0 Å². The van der Waals surface area contributed by atoms with Crippen LogP contribution in [0.2, 0.25) is 0 Å². The van der Waals surface area contributed by atoms with Gasteiger partial charge in [-0.25, -0.2) is 0 Å². The zero-order chi connectivity index (χ0) is 54.0. The molecule has 2 aliphatic heterocycles. The molecule has 5 aromatic carbocycles. The van der Waals surface area contributed by atoms with Crippen molar-refractivity contribution in [1.29, 1.82) is 0 Å². The van der Waals surface area contributed by atoms with Crippen molar-refractivity contribution < 1.29 is 80.8 Å². The Labute approximate surface area is 438 Å². The monoisotopic (exact) mass is 1040 g/mol. The van der Waals surface area contributed by atoms with E-state index in [0.717, 1.165) is 37.5 Å². The van der Waals surface area contributed by atoms with Crippen molar-refractivity contribution in [3.63, 3.8) is 0 Å². The number of carbonyl (C=O) groups excluding carboxylic acids is 4. The van der Waals surface area contributed by atoms with E-state index >= 15 is 4.79 Å². The van der Waals surface area contributed by atoms with E-state index in [4.69, 9.17) is 56.5 Å². The van der Waals surface area contributed by atoms with Gasteiger partial charge in [0.25, 0.3) is 0 Å². The lowest BCUT2D eigenvalue weighted by molar-refractivity contribution is -0.297. The maximum Gasteiger partial charge on any atom is 0.303 e. The molecule has 0 amide bonds. The number of phenols is 1. The average molecular weight is 1050 g/mol. The molecular weight excluding hydrogens is 985 g/mol. The van der Waals surface area contributed by atoms with Crippen molar-refractivity contribution in [3.8, 4) is 40.1 Å². The highest BCUT2D eigenvalue weighted by Gasteiger charge is 2.54. The predicted octanol–water partition coefficient (Wildman–Crippen LogP) is 8.83. The fraction of sp³-hybridized carbons (Fsp3) is 0.362. The van der Waals surface area contributed by atoms with Gasteiger partial charge in [-0.1, -0.05) is 105 Å². The summed E-state index contributed by atoms with van der Waals surface area (Å²) in [5, 5.41) is 11.1. The van der Waals surface area contributed by atoms with Gasteiger partial charge in [-0.2, -0.15) is 0 Å². The number of ether oxygens (including phenoxy) is 11. The molecule has 0 spiro atoms. The summed E-state index contributed by atoms with van der Waals surface area (Å²) in [6, 6.07) is 34.4. The number of rotatable bonds is 20. The van der Waals surface area contributed by atoms with E-state index in [0.29, 0.717) is 12.0 Å². The molecule has 0 radical (unpaired) electrons. The van der Waals surface area contributed by atoms with Gasteiger partial charge in [0, 0.05) is 39.2 Å². The lowest BCUT2D eigenvalue weighted by Crippen LogP contribution is -2.64. The molecule has 8 rings (SSSR count). The van der Waals surface area contributed by atoms with Gasteiger partial charge >= 0.3 is 23.9 Å². The molecule has 0 unspecified atom stereocenters. The second kappa shape index (κ2) is 24.6. The molecule has 400 valence electrons. The summed E-state index contributed by atoms with van der Waals surface area (Å²) in [6.45, 7) is 9.77. The number of esters is 4.